The minimum absolute atomic E-state index is 0.121. The Morgan fingerprint density at radius 3 is 2.18 bits per heavy atom. The second-order valence-electron chi connectivity index (χ2n) is 8.41. The molecule has 3 aromatic rings. The second kappa shape index (κ2) is 10.5. The first-order chi connectivity index (χ1) is 16.3. The van der Waals surface area contributed by atoms with Crippen LogP contribution in [0.15, 0.2) is 65.6 Å². The van der Waals surface area contributed by atoms with Crippen molar-refractivity contribution in [2.45, 2.75) is 27.7 Å². The number of aryl methyl sites for hydroxylation is 4. The summed E-state index contributed by atoms with van der Waals surface area (Å²) in [5.41, 5.74) is 6.17. The van der Waals surface area contributed by atoms with E-state index >= 15 is 0 Å². The molecule has 0 spiro atoms. The number of benzene rings is 3. The molecule has 1 heterocycles. The summed E-state index contributed by atoms with van der Waals surface area (Å²) in [7, 11) is 0. The van der Waals surface area contributed by atoms with E-state index in [1.807, 2.05) is 74.5 Å². The van der Waals surface area contributed by atoms with Crippen molar-refractivity contribution in [3.8, 4) is 11.5 Å². The molecule has 3 aromatic carbocycles. The van der Waals surface area contributed by atoms with E-state index in [0.717, 1.165) is 28.1 Å². The third kappa shape index (κ3) is 5.69. The van der Waals surface area contributed by atoms with Gasteiger partial charge in [0.25, 0.3) is 5.91 Å². The van der Waals surface area contributed by atoms with Crippen molar-refractivity contribution >= 4 is 46.0 Å². The highest BCUT2D eigenvalue weighted by Crippen LogP contribution is 2.37. The van der Waals surface area contributed by atoms with Gasteiger partial charge in [-0.15, -0.1) is 0 Å². The first-order valence-electron chi connectivity index (χ1n) is 11.1. The van der Waals surface area contributed by atoms with E-state index in [1.54, 1.807) is 4.90 Å². The zero-order valence-corrected chi connectivity index (χ0v) is 21.4. The fourth-order valence-electron chi connectivity index (χ4n) is 3.76. The Hall–Kier alpha value is -3.09. The van der Waals surface area contributed by atoms with Crippen LogP contribution in [0, 0.1) is 27.7 Å². The molecule has 0 N–H and O–H groups in total. The molecule has 0 aliphatic carbocycles. The smallest absolute Gasteiger partial charge is 0.270 e. The number of ether oxygens (including phenoxy) is 2. The normalized spacial score (nSPS) is 14.7. The Balaban J connectivity index is 1.48. The predicted octanol–water partition coefficient (Wildman–Crippen LogP) is 6.78. The third-order valence-corrected chi connectivity index (χ3v) is 6.64. The van der Waals surface area contributed by atoms with E-state index in [0.29, 0.717) is 28.2 Å². The molecule has 4 nitrogen and oxygen atoms in total. The average Bonchev–Trinajstić information content (AvgIpc) is 3.05. The van der Waals surface area contributed by atoms with Gasteiger partial charge in [0, 0.05) is 5.56 Å². The van der Waals surface area contributed by atoms with Gasteiger partial charge in [0.05, 0.1) is 10.6 Å². The first-order valence-corrected chi connectivity index (χ1v) is 12.3. The van der Waals surface area contributed by atoms with E-state index in [1.165, 1.54) is 22.9 Å². The van der Waals surface area contributed by atoms with Crippen LogP contribution in [-0.4, -0.2) is 23.4 Å². The van der Waals surface area contributed by atoms with Crippen LogP contribution in [0.2, 0.25) is 0 Å². The first kappa shape index (κ1) is 24.0. The number of rotatable bonds is 7. The molecule has 1 aliphatic rings. The lowest BCUT2D eigenvalue weighted by Gasteiger charge is -2.14. The zero-order valence-electron chi connectivity index (χ0n) is 19.8. The summed E-state index contributed by atoms with van der Waals surface area (Å²) >= 11 is 6.82. The Morgan fingerprint density at radius 1 is 0.824 bits per heavy atom. The van der Waals surface area contributed by atoms with Crippen LogP contribution in [0.3, 0.4) is 0 Å². The second-order valence-corrected chi connectivity index (χ2v) is 10.1. The molecule has 34 heavy (non-hydrogen) atoms. The van der Waals surface area contributed by atoms with Gasteiger partial charge in [-0.3, -0.25) is 9.69 Å². The van der Waals surface area contributed by atoms with E-state index in [2.05, 4.69) is 19.9 Å². The summed E-state index contributed by atoms with van der Waals surface area (Å²) in [6, 6.07) is 19.9. The number of nitrogens with zero attached hydrogens (tertiary/aromatic N) is 1. The summed E-state index contributed by atoms with van der Waals surface area (Å²) in [6.45, 7) is 8.95. The maximum Gasteiger partial charge on any atom is 0.270 e. The minimum Gasteiger partial charge on any atom is -0.490 e. The summed E-state index contributed by atoms with van der Waals surface area (Å²) in [4.78, 5) is 15.3. The highest BCUT2D eigenvalue weighted by molar-refractivity contribution is 8.27. The van der Waals surface area contributed by atoms with E-state index in [-0.39, 0.29) is 5.91 Å². The van der Waals surface area contributed by atoms with Gasteiger partial charge >= 0.3 is 0 Å². The number of hydrogen-bond acceptors (Lipinski definition) is 5. The number of carbonyl (C=O) groups excluding carboxylic acids is 1. The fourth-order valence-corrected chi connectivity index (χ4v) is 5.05. The molecular weight excluding hydrogens is 462 g/mol. The lowest BCUT2D eigenvalue weighted by Crippen LogP contribution is -2.27. The van der Waals surface area contributed by atoms with Gasteiger partial charge in [0.2, 0.25) is 0 Å². The maximum absolute atomic E-state index is 13.2. The maximum atomic E-state index is 13.2. The molecule has 0 aromatic heterocycles. The molecule has 174 valence electrons. The van der Waals surface area contributed by atoms with Gasteiger partial charge in [0.15, 0.2) is 4.32 Å². The van der Waals surface area contributed by atoms with Crippen molar-refractivity contribution in [1.82, 2.24) is 0 Å². The van der Waals surface area contributed by atoms with Crippen molar-refractivity contribution < 1.29 is 14.3 Å². The number of thiocarbonyl (C=S) groups is 1. The van der Waals surface area contributed by atoms with E-state index < -0.39 is 0 Å². The Kier molecular flexibility index (Phi) is 7.39. The molecule has 1 aliphatic heterocycles. The fraction of sp³-hybridized carbons (Fsp3) is 0.214. The van der Waals surface area contributed by atoms with Crippen LogP contribution in [0.5, 0.6) is 11.5 Å². The standard InChI is InChI=1S/C28H27NO3S2/c1-18-5-8-23(9-6-18)29-27(30)26(34-28(29)33)17-22-14-19(2)7-10-25(22)32-12-11-31-24-15-20(3)13-21(4)16-24/h5-10,13-17H,11-12H2,1-4H3/b26-17-. The van der Waals surface area contributed by atoms with Crippen LogP contribution in [0.25, 0.3) is 6.08 Å². The zero-order chi connectivity index (χ0) is 24.2. The van der Waals surface area contributed by atoms with Gasteiger partial charge < -0.3 is 9.47 Å². The van der Waals surface area contributed by atoms with Gasteiger partial charge in [-0.2, -0.15) is 0 Å². The Morgan fingerprint density at radius 2 is 1.47 bits per heavy atom. The van der Waals surface area contributed by atoms with Crippen molar-refractivity contribution in [1.29, 1.82) is 0 Å². The van der Waals surface area contributed by atoms with Crippen molar-refractivity contribution in [3.05, 3.63) is 93.4 Å². The van der Waals surface area contributed by atoms with Gasteiger partial charge in [-0.25, -0.2) is 0 Å². The summed E-state index contributed by atoms with van der Waals surface area (Å²) in [5, 5.41) is 0. The molecule has 0 bridgehead atoms. The van der Waals surface area contributed by atoms with E-state index in [4.69, 9.17) is 21.7 Å². The average molecular weight is 490 g/mol. The minimum atomic E-state index is -0.121. The van der Waals surface area contributed by atoms with Crippen molar-refractivity contribution in [2.24, 2.45) is 0 Å². The van der Waals surface area contributed by atoms with Crippen LogP contribution >= 0.6 is 24.0 Å². The lowest BCUT2D eigenvalue weighted by molar-refractivity contribution is -0.113. The van der Waals surface area contributed by atoms with Gasteiger partial charge in [-0.1, -0.05) is 59.4 Å². The van der Waals surface area contributed by atoms with Crippen LogP contribution in [0.4, 0.5) is 5.69 Å². The number of anilines is 1. The largest absolute Gasteiger partial charge is 0.490 e. The molecule has 4 rings (SSSR count). The highest BCUT2D eigenvalue weighted by Gasteiger charge is 2.33. The molecule has 1 amide bonds. The van der Waals surface area contributed by atoms with Crippen LogP contribution in [-0.2, 0) is 4.79 Å². The van der Waals surface area contributed by atoms with Crippen molar-refractivity contribution in [2.75, 3.05) is 18.1 Å². The quantitative estimate of drug-likeness (QED) is 0.208. The summed E-state index contributed by atoms with van der Waals surface area (Å²) in [6.07, 6.45) is 1.86. The molecule has 6 heteroatoms. The lowest BCUT2D eigenvalue weighted by atomic mass is 10.1. The molecular formula is C28H27NO3S2. The SMILES string of the molecule is Cc1ccc(N2C(=O)/C(=C/c3cc(C)ccc3OCCOc3cc(C)cc(C)c3)SC2=S)cc1. The van der Waals surface area contributed by atoms with Crippen LogP contribution < -0.4 is 14.4 Å². The molecule has 0 radical (unpaired) electrons. The number of amides is 1. The van der Waals surface area contributed by atoms with Crippen molar-refractivity contribution in [3.63, 3.8) is 0 Å². The van der Waals surface area contributed by atoms with Gasteiger partial charge in [0.1, 0.15) is 24.7 Å². The number of thioether (sulfide) groups is 1. The predicted molar refractivity (Wildman–Crippen MR) is 145 cm³/mol. The number of hydrogen-bond donors (Lipinski definition) is 0. The Bertz CT molecular complexity index is 1240. The molecule has 0 atom stereocenters. The van der Waals surface area contributed by atoms with Gasteiger partial charge in [-0.05, 0) is 81.3 Å². The number of carbonyl (C=O) groups is 1. The van der Waals surface area contributed by atoms with E-state index in [9.17, 15) is 4.79 Å². The summed E-state index contributed by atoms with van der Waals surface area (Å²) in [5.74, 6) is 1.42. The Labute approximate surface area is 210 Å². The molecule has 0 unspecified atom stereocenters. The molecule has 1 fully saturated rings. The monoisotopic (exact) mass is 489 g/mol. The molecule has 1 saturated heterocycles. The molecule has 0 saturated carbocycles. The van der Waals surface area contributed by atoms with Crippen LogP contribution in [0.1, 0.15) is 27.8 Å². The highest BCUT2D eigenvalue weighted by atomic mass is 32.2. The topological polar surface area (TPSA) is 38.8 Å². The third-order valence-electron chi connectivity index (χ3n) is 5.34. The summed E-state index contributed by atoms with van der Waals surface area (Å²) < 4.78 is 12.4.